The quantitative estimate of drug-likeness (QED) is 0.303. The molecular formula is C21H11BrFN3O2S. The second-order valence-electron chi connectivity index (χ2n) is 5.96. The van der Waals surface area contributed by atoms with E-state index >= 15 is 0 Å². The van der Waals surface area contributed by atoms with E-state index in [4.69, 9.17) is 4.42 Å². The molecular weight excluding hydrogens is 457 g/mol. The lowest BCUT2D eigenvalue weighted by Crippen LogP contribution is -2.02. The molecule has 2 aromatic carbocycles. The molecule has 0 aliphatic carbocycles. The summed E-state index contributed by atoms with van der Waals surface area (Å²) in [6, 6.07) is 15.5. The van der Waals surface area contributed by atoms with Crippen molar-refractivity contribution in [3.8, 4) is 17.3 Å². The van der Waals surface area contributed by atoms with Crippen LogP contribution in [0, 0.1) is 17.1 Å². The molecule has 0 bridgehead atoms. The number of hydrogen-bond donors (Lipinski definition) is 1. The van der Waals surface area contributed by atoms with E-state index in [1.807, 2.05) is 18.2 Å². The summed E-state index contributed by atoms with van der Waals surface area (Å²) in [6.45, 7) is 0. The molecule has 5 nitrogen and oxygen atoms in total. The van der Waals surface area contributed by atoms with Gasteiger partial charge in [0.05, 0.1) is 16.9 Å². The van der Waals surface area contributed by atoms with Crippen LogP contribution in [0.5, 0.6) is 0 Å². The third kappa shape index (κ3) is 3.97. The second kappa shape index (κ2) is 7.99. The van der Waals surface area contributed by atoms with Crippen molar-refractivity contribution in [2.45, 2.75) is 0 Å². The Bertz CT molecular complexity index is 1350. The Morgan fingerprint density at radius 1 is 1.28 bits per heavy atom. The van der Waals surface area contributed by atoms with Gasteiger partial charge in [0.1, 0.15) is 28.1 Å². The number of halogens is 2. The number of nitrogens with zero attached hydrogens (tertiary/aromatic N) is 2. The summed E-state index contributed by atoms with van der Waals surface area (Å²) in [6.07, 6.45) is 1.39. The van der Waals surface area contributed by atoms with Crippen molar-refractivity contribution in [3.05, 3.63) is 85.8 Å². The molecule has 0 unspecified atom stereocenters. The van der Waals surface area contributed by atoms with Gasteiger partial charge in [0.2, 0.25) is 0 Å². The zero-order valence-corrected chi connectivity index (χ0v) is 17.1. The Labute approximate surface area is 176 Å². The summed E-state index contributed by atoms with van der Waals surface area (Å²) in [7, 11) is 0. The third-order valence-electron chi connectivity index (χ3n) is 4.08. The van der Waals surface area contributed by atoms with Crippen LogP contribution in [0.3, 0.4) is 0 Å². The molecule has 4 aromatic rings. The lowest BCUT2D eigenvalue weighted by molar-refractivity contribution is 0.563. The third-order valence-corrected chi connectivity index (χ3v) is 5.44. The largest absolute Gasteiger partial charge is 0.422 e. The number of allylic oxidation sites excluding steroid dienone is 1. The van der Waals surface area contributed by atoms with Gasteiger partial charge in [-0.25, -0.2) is 14.2 Å². The van der Waals surface area contributed by atoms with E-state index in [0.717, 1.165) is 5.39 Å². The van der Waals surface area contributed by atoms with Crippen LogP contribution in [0.25, 0.3) is 27.8 Å². The Morgan fingerprint density at radius 3 is 2.90 bits per heavy atom. The van der Waals surface area contributed by atoms with Gasteiger partial charge in [0.25, 0.3) is 0 Å². The normalized spacial score (nSPS) is 11.4. The van der Waals surface area contributed by atoms with E-state index in [1.54, 1.807) is 35.7 Å². The highest BCUT2D eigenvalue weighted by Gasteiger charge is 2.14. The van der Waals surface area contributed by atoms with E-state index in [2.05, 4.69) is 26.2 Å². The number of fused-ring (bicyclic) bond motifs is 1. The molecule has 0 saturated heterocycles. The Morgan fingerprint density at radius 2 is 2.10 bits per heavy atom. The summed E-state index contributed by atoms with van der Waals surface area (Å²) in [5.41, 5.74) is 1.17. The summed E-state index contributed by atoms with van der Waals surface area (Å²) in [5, 5.41) is 15.1. The van der Waals surface area contributed by atoms with E-state index in [1.165, 1.54) is 23.6 Å². The summed E-state index contributed by atoms with van der Waals surface area (Å²) >= 11 is 4.40. The van der Waals surface area contributed by atoms with Gasteiger partial charge >= 0.3 is 5.63 Å². The maximum atomic E-state index is 13.9. The second-order valence-corrected chi connectivity index (χ2v) is 7.74. The molecule has 8 heteroatoms. The van der Waals surface area contributed by atoms with Crippen molar-refractivity contribution in [1.82, 2.24) is 4.98 Å². The first-order valence-corrected chi connectivity index (χ1v) is 10.0. The number of rotatable bonds is 4. The first-order valence-electron chi connectivity index (χ1n) is 8.36. The summed E-state index contributed by atoms with van der Waals surface area (Å²) < 4.78 is 19.9. The Balaban J connectivity index is 1.66. The summed E-state index contributed by atoms with van der Waals surface area (Å²) in [4.78, 5) is 16.7. The number of aromatic nitrogens is 1. The van der Waals surface area contributed by atoms with Crippen molar-refractivity contribution in [1.29, 1.82) is 5.26 Å². The molecule has 0 spiro atoms. The van der Waals surface area contributed by atoms with E-state index in [-0.39, 0.29) is 11.3 Å². The molecule has 29 heavy (non-hydrogen) atoms. The van der Waals surface area contributed by atoms with Gasteiger partial charge in [-0.15, -0.1) is 11.3 Å². The topological polar surface area (TPSA) is 78.9 Å². The van der Waals surface area contributed by atoms with Crippen LogP contribution in [-0.2, 0) is 0 Å². The molecule has 0 fully saturated rings. The van der Waals surface area contributed by atoms with E-state index < -0.39 is 11.4 Å². The standard InChI is InChI=1S/C21H11BrFN3O2S/c22-14-5-6-17(16(23)8-14)25-10-13(9-24)20-26-18(11-29-20)15-7-12-3-1-2-4-19(12)28-21(15)27/h1-8,10-11,25H/b13-10-. The predicted molar refractivity (Wildman–Crippen MR) is 115 cm³/mol. The minimum Gasteiger partial charge on any atom is -0.422 e. The SMILES string of the molecule is N#C/C(=C/Nc1ccc(Br)cc1F)c1nc(-c2cc3ccccc3oc2=O)cs1. The van der Waals surface area contributed by atoms with Gasteiger partial charge in [-0.3, -0.25) is 0 Å². The number of para-hydroxylation sites is 1. The molecule has 2 heterocycles. The fraction of sp³-hybridized carbons (Fsp3) is 0. The van der Waals surface area contributed by atoms with Crippen LogP contribution in [0.2, 0.25) is 0 Å². The molecule has 1 N–H and O–H groups in total. The number of hydrogen-bond acceptors (Lipinski definition) is 6. The average Bonchev–Trinajstić information content (AvgIpc) is 3.19. The van der Waals surface area contributed by atoms with Gasteiger partial charge < -0.3 is 9.73 Å². The Kier molecular flexibility index (Phi) is 5.25. The van der Waals surface area contributed by atoms with Gasteiger partial charge in [-0.1, -0.05) is 34.1 Å². The smallest absolute Gasteiger partial charge is 0.345 e. The summed E-state index contributed by atoms with van der Waals surface area (Å²) in [5.74, 6) is -0.457. The van der Waals surface area contributed by atoms with Crippen LogP contribution >= 0.6 is 27.3 Å². The number of nitrogens with one attached hydrogen (secondary N) is 1. The fourth-order valence-corrected chi connectivity index (χ4v) is 3.78. The van der Waals surface area contributed by atoms with Crippen molar-refractivity contribution in [2.75, 3.05) is 5.32 Å². The number of thiazole rings is 1. The van der Waals surface area contributed by atoms with Crippen molar-refractivity contribution in [3.63, 3.8) is 0 Å². The van der Waals surface area contributed by atoms with Crippen LogP contribution in [-0.4, -0.2) is 4.98 Å². The molecule has 0 aliphatic heterocycles. The van der Waals surface area contributed by atoms with Gasteiger partial charge in [0.15, 0.2) is 0 Å². The number of nitriles is 1. The van der Waals surface area contributed by atoms with Gasteiger partial charge in [-0.05, 0) is 30.3 Å². The van der Waals surface area contributed by atoms with Crippen LogP contribution in [0.4, 0.5) is 10.1 Å². The molecule has 0 atom stereocenters. The maximum absolute atomic E-state index is 13.9. The molecule has 0 saturated carbocycles. The maximum Gasteiger partial charge on any atom is 0.345 e. The van der Waals surface area contributed by atoms with Gasteiger partial charge in [0, 0.05) is 21.4 Å². The molecule has 0 radical (unpaired) electrons. The van der Waals surface area contributed by atoms with E-state index in [9.17, 15) is 14.4 Å². The van der Waals surface area contributed by atoms with Crippen LogP contribution in [0.15, 0.2) is 73.8 Å². The highest BCUT2D eigenvalue weighted by Crippen LogP contribution is 2.27. The predicted octanol–water partition coefficient (Wildman–Crippen LogP) is 5.79. The monoisotopic (exact) mass is 467 g/mol. The zero-order chi connectivity index (χ0) is 20.4. The zero-order valence-electron chi connectivity index (χ0n) is 14.6. The lowest BCUT2D eigenvalue weighted by Gasteiger charge is -2.03. The Hall–Kier alpha value is -3.28. The number of anilines is 1. The molecule has 142 valence electrons. The van der Waals surface area contributed by atoms with Crippen molar-refractivity contribution >= 4 is 49.5 Å². The highest BCUT2D eigenvalue weighted by molar-refractivity contribution is 9.10. The molecule has 0 amide bonds. The van der Waals surface area contributed by atoms with Crippen LogP contribution in [0.1, 0.15) is 5.01 Å². The molecule has 2 aromatic heterocycles. The number of benzene rings is 2. The lowest BCUT2D eigenvalue weighted by atomic mass is 10.1. The first-order chi connectivity index (χ1) is 14.0. The van der Waals surface area contributed by atoms with Gasteiger partial charge in [-0.2, -0.15) is 5.26 Å². The van der Waals surface area contributed by atoms with E-state index in [0.29, 0.717) is 26.3 Å². The molecule has 4 rings (SSSR count). The minimum atomic E-state index is -0.502. The molecule has 0 aliphatic rings. The highest BCUT2D eigenvalue weighted by atomic mass is 79.9. The minimum absolute atomic E-state index is 0.216. The fourth-order valence-electron chi connectivity index (χ4n) is 2.66. The average molecular weight is 468 g/mol. The van der Waals surface area contributed by atoms with Crippen molar-refractivity contribution in [2.24, 2.45) is 0 Å². The van der Waals surface area contributed by atoms with Crippen LogP contribution < -0.4 is 10.9 Å². The van der Waals surface area contributed by atoms with Crippen molar-refractivity contribution < 1.29 is 8.81 Å². The first kappa shape index (κ1) is 19.1.